The number of carbonyl (C=O) groups is 1. The molecule has 0 saturated heterocycles. The molecule has 5 heteroatoms. The van der Waals surface area contributed by atoms with Crippen molar-refractivity contribution in [1.82, 2.24) is 5.32 Å². The van der Waals surface area contributed by atoms with Crippen molar-refractivity contribution in [2.24, 2.45) is 0 Å². The van der Waals surface area contributed by atoms with E-state index in [9.17, 15) is 4.79 Å². The van der Waals surface area contributed by atoms with Gasteiger partial charge < -0.3 is 19.5 Å². The standard InChI is InChI=1S/C16H33NO4/c1-7-10-17-16(5,14(18)19-6)9-8-11-20-12-13-21-15(2,3)4/h17H,7-13H2,1-6H3. The summed E-state index contributed by atoms with van der Waals surface area (Å²) in [5.74, 6) is -0.216. The maximum atomic E-state index is 11.9. The van der Waals surface area contributed by atoms with Crippen LogP contribution in [0.2, 0.25) is 0 Å². The zero-order valence-electron chi connectivity index (χ0n) is 14.6. The highest BCUT2D eigenvalue weighted by molar-refractivity contribution is 5.80. The van der Waals surface area contributed by atoms with Crippen LogP contribution in [0.5, 0.6) is 0 Å². The van der Waals surface area contributed by atoms with Crippen molar-refractivity contribution in [3.63, 3.8) is 0 Å². The van der Waals surface area contributed by atoms with Gasteiger partial charge in [-0.05, 0) is 53.5 Å². The average molecular weight is 303 g/mol. The van der Waals surface area contributed by atoms with E-state index >= 15 is 0 Å². The Morgan fingerprint density at radius 1 is 1.10 bits per heavy atom. The van der Waals surface area contributed by atoms with Crippen LogP contribution < -0.4 is 5.32 Å². The highest BCUT2D eigenvalue weighted by Gasteiger charge is 2.32. The van der Waals surface area contributed by atoms with E-state index in [-0.39, 0.29) is 11.6 Å². The van der Waals surface area contributed by atoms with Gasteiger partial charge in [-0.1, -0.05) is 6.92 Å². The van der Waals surface area contributed by atoms with Crippen molar-refractivity contribution >= 4 is 5.97 Å². The number of carbonyl (C=O) groups excluding carboxylic acids is 1. The van der Waals surface area contributed by atoms with Crippen molar-refractivity contribution in [1.29, 1.82) is 0 Å². The van der Waals surface area contributed by atoms with Crippen LogP contribution in [0.4, 0.5) is 0 Å². The minimum absolute atomic E-state index is 0.128. The summed E-state index contributed by atoms with van der Waals surface area (Å²) >= 11 is 0. The fraction of sp³-hybridized carbons (Fsp3) is 0.938. The van der Waals surface area contributed by atoms with Gasteiger partial charge >= 0.3 is 5.97 Å². The zero-order valence-corrected chi connectivity index (χ0v) is 14.6. The summed E-state index contributed by atoms with van der Waals surface area (Å²) in [6, 6.07) is 0. The molecule has 0 saturated carbocycles. The quantitative estimate of drug-likeness (QED) is 0.469. The molecule has 0 radical (unpaired) electrons. The number of nitrogens with one attached hydrogen (secondary N) is 1. The second kappa shape index (κ2) is 10.1. The summed E-state index contributed by atoms with van der Waals surface area (Å²) in [6.07, 6.45) is 2.48. The normalized spacial score (nSPS) is 14.8. The van der Waals surface area contributed by atoms with Crippen molar-refractivity contribution in [3.8, 4) is 0 Å². The highest BCUT2D eigenvalue weighted by atomic mass is 16.5. The van der Waals surface area contributed by atoms with E-state index < -0.39 is 5.54 Å². The minimum atomic E-state index is -0.629. The molecule has 0 bridgehead atoms. The van der Waals surface area contributed by atoms with Gasteiger partial charge in [-0.2, -0.15) is 0 Å². The predicted octanol–water partition coefficient (Wildman–Crippen LogP) is 2.53. The zero-order chi connectivity index (χ0) is 16.4. The van der Waals surface area contributed by atoms with Gasteiger partial charge in [0.1, 0.15) is 5.54 Å². The molecule has 1 atom stereocenters. The first-order valence-electron chi connectivity index (χ1n) is 7.80. The van der Waals surface area contributed by atoms with E-state index in [0.29, 0.717) is 26.2 Å². The van der Waals surface area contributed by atoms with E-state index in [0.717, 1.165) is 19.4 Å². The summed E-state index contributed by atoms with van der Waals surface area (Å²) < 4.78 is 16.0. The fourth-order valence-corrected chi connectivity index (χ4v) is 1.93. The van der Waals surface area contributed by atoms with Crippen LogP contribution in [0, 0.1) is 0 Å². The molecule has 0 spiro atoms. The van der Waals surface area contributed by atoms with Crippen LogP contribution in [0.15, 0.2) is 0 Å². The van der Waals surface area contributed by atoms with E-state index in [2.05, 4.69) is 12.2 Å². The third-order valence-corrected chi connectivity index (χ3v) is 3.13. The lowest BCUT2D eigenvalue weighted by molar-refractivity contribution is -0.148. The maximum absolute atomic E-state index is 11.9. The Morgan fingerprint density at radius 2 is 1.76 bits per heavy atom. The first-order chi connectivity index (χ1) is 9.75. The van der Waals surface area contributed by atoms with Crippen molar-refractivity contribution in [2.75, 3.05) is 33.5 Å². The fourth-order valence-electron chi connectivity index (χ4n) is 1.93. The number of esters is 1. The van der Waals surface area contributed by atoms with Crippen LogP contribution >= 0.6 is 0 Å². The van der Waals surface area contributed by atoms with Gasteiger partial charge in [0.15, 0.2) is 0 Å². The molecular formula is C16H33NO4. The second-order valence-corrected chi connectivity index (χ2v) is 6.43. The number of rotatable bonds is 11. The van der Waals surface area contributed by atoms with Crippen LogP contribution in [-0.2, 0) is 19.0 Å². The topological polar surface area (TPSA) is 56.8 Å². The summed E-state index contributed by atoms with van der Waals surface area (Å²) in [5, 5.41) is 3.26. The largest absolute Gasteiger partial charge is 0.468 e. The van der Waals surface area contributed by atoms with Gasteiger partial charge in [0.05, 0.1) is 25.9 Å². The Morgan fingerprint density at radius 3 is 2.29 bits per heavy atom. The highest BCUT2D eigenvalue weighted by Crippen LogP contribution is 2.15. The van der Waals surface area contributed by atoms with Crippen LogP contribution in [0.25, 0.3) is 0 Å². The van der Waals surface area contributed by atoms with Gasteiger partial charge in [-0.15, -0.1) is 0 Å². The van der Waals surface area contributed by atoms with Crippen molar-refractivity contribution in [3.05, 3.63) is 0 Å². The predicted molar refractivity (Wildman–Crippen MR) is 84.5 cm³/mol. The first-order valence-corrected chi connectivity index (χ1v) is 7.80. The molecule has 0 aliphatic heterocycles. The third-order valence-electron chi connectivity index (χ3n) is 3.13. The Labute approximate surface area is 129 Å². The molecule has 0 aromatic carbocycles. The maximum Gasteiger partial charge on any atom is 0.325 e. The molecule has 0 aliphatic carbocycles. The van der Waals surface area contributed by atoms with Crippen LogP contribution in [0.1, 0.15) is 53.9 Å². The van der Waals surface area contributed by atoms with Gasteiger partial charge in [-0.3, -0.25) is 4.79 Å². The van der Waals surface area contributed by atoms with E-state index in [1.165, 1.54) is 7.11 Å². The molecule has 0 aromatic heterocycles. The Hall–Kier alpha value is -0.650. The van der Waals surface area contributed by atoms with Crippen molar-refractivity contribution in [2.45, 2.75) is 65.0 Å². The molecule has 0 amide bonds. The van der Waals surface area contributed by atoms with Gasteiger partial charge in [0.25, 0.3) is 0 Å². The van der Waals surface area contributed by atoms with Crippen LogP contribution in [0.3, 0.4) is 0 Å². The molecule has 0 rings (SSSR count). The third kappa shape index (κ3) is 9.82. The summed E-state index contributed by atoms with van der Waals surface area (Å²) in [4.78, 5) is 11.9. The molecule has 1 unspecified atom stereocenters. The van der Waals surface area contributed by atoms with Crippen molar-refractivity contribution < 1.29 is 19.0 Å². The Bertz CT molecular complexity index is 288. The molecule has 1 N–H and O–H groups in total. The lowest BCUT2D eigenvalue weighted by atomic mass is 9.96. The smallest absolute Gasteiger partial charge is 0.325 e. The van der Waals surface area contributed by atoms with Crippen LogP contribution in [-0.4, -0.2) is 50.6 Å². The lowest BCUT2D eigenvalue weighted by Crippen LogP contribution is -2.50. The SMILES string of the molecule is CCCNC(C)(CCCOCCOC(C)(C)C)C(=O)OC. The molecule has 5 nitrogen and oxygen atoms in total. The van der Waals surface area contributed by atoms with Gasteiger partial charge in [-0.25, -0.2) is 0 Å². The molecule has 0 fully saturated rings. The Kier molecular flexibility index (Phi) is 9.83. The van der Waals surface area contributed by atoms with E-state index in [4.69, 9.17) is 14.2 Å². The van der Waals surface area contributed by atoms with E-state index in [1.807, 2.05) is 27.7 Å². The minimum Gasteiger partial charge on any atom is -0.468 e. The number of hydrogen-bond acceptors (Lipinski definition) is 5. The van der Waals surface area contributed by atoms with Gasteiger partial charge in [0.2, 0.25) is 0 Å². The average Bonchev–Trinajstić information content (AvgIpc) is 2.42. The summed E-state index contributed by atoms with van der Waals surface area (Å²) in [6.45, 7) is 12.6. The van der Waals surface area contributed by atoms with E-state index in [1.54, 1.807) is 0 Å². The molecular weight excluding hydrogens is 270 g/mol. The van der Waals surface area contributed by atoms with Gasteiger partial charge in [0, 0.05) is 6.61 Å². The summed E-state index contributed by atoms with van der Waals surface area (Å²) in [7, 11) is 1.43. The summed E-state index contributed by atoms with van der Waals surface area (Å²) in [5.41, 5.74) is -0.757. The monoisotopic (exact) mass is 303 g/mol. The molecule has 0 heterocycles. The lowest BCUT2D eigenvalue weighted by Gasteiger charge is -2.28. The number of ether oxygens (including phenoxy) is 3. The Balaban J connectivity index is 3.91. The second-order valence-electron chi connectivity index (χ2n) is 6.43. The molecule has 126 valence electrons. The number of methoxy groups -OCH3 is 1. The molecule has 0 aromatic rings. The molecule has 21 heavy (non-hydrogen) atoms. The molecule has 0 aliphatic rings. The first kappa shape index (κ1) is 20.3. The number of hydrogen-bond donors (Lipinski definition) is 1.